The molecule has 0 aromatic carbocycles. The number of nitrogens with one attached hydrogen (secondary N) is 2. The molecule has 0 aromatic rings. The van der Waals surface area contributed by atoms with Crippen LogP contribution in [0.1, 0.15) is 33.1 Å². The van der Waals surface area contributed by atoms with E-state index in [1.54, 1.807) is 0 Å². The van der Waals surface area contributed by atoms with Crippen LogP contribution in [-0.4, -0.2) is 551 Å². The molecule has 0 radical (unpaired) electrons. The lowest BCUT2D eigenvalue weighted by Gasteiger charge is -2.53. The zero-order chi connectivity index (χ0) is 92.3. The first kappa shape index (κ1) is 103. The van der Waals surface area contributed by atoms with Gasteiger partial charge in [0, 0.05) is 33.1 Å². The van der Waals surface area contributed by atoms with Crippen molar-refractivity contribution in [3.8, 4) is 0 Å². The zero-order valence-electron chi connectivity index (χ0n) is 65.2. The number of amides is 2. The van der Waals surface area contributed by atoms with E-state index in [1.165, 1.54) is 0 Å². The number of carbonyl (C=O) groups is 5. The second kappa shape index (κ2) is 43.2. The van der Waals surface area contributed by atoms with Crippen LogP contribution in [0.2, 0.25) is 0 Å². The number of carbonyl (C=O) groups excluding carboxylic acids is 2. The normalized spacial score (nSPS) is 47.0. The van der Waals surface area contributed by atoms with Crippen LogP contribution in [0, 0.1) is 0 Å². The third kappa shape index (κ3) is 21.6. The summed E-state index contributed by atoms with van der Waals surface area (Å²) in [5, 5.41) is 372. The molecule has 57 nitrogen and oxygen atoms in total. The van der Waals surface area contributed by atoms with Crippen LogP contribution in [0.25, 0.3) is 0 Å². The summed E-state index contributed by atoms with van der Waals surface area (Å²) in [5.41, 5.74) is 0. The van der Waals surface area contributed by atoms with E-state index < -0.39 is 401 Å². The molecular formula is C67H110N2O55. The fraction of sp³-hybridized carbons (Fsp3) is 0.925. The van der Waals surface area contributed by atoms with Crippen LogP contribution in [0.5, 0.6) is 0 Å². The fourth-order valence-electron chi connectivity index (χ4n) is 15.8. The average molecular weight is 1820 g/mol. The minimum Gasteiger partial charge on any atom is -0.477 e. The predicted octanol–water partition coefficient (Wildman–Crippen LogP) is -22.7. The Hall–Kier alpha value is -4.53. The summed E-state index contributed by atoms with van der Waals surface area (Å²) >= 11 is 0. The van der Waals surface area contributed by atoms with E-state index in [0.717, 1.165) is 13.8 Å². The number of rotatable bonds is 36. The van der Waals surface area contributed by atoms with Crippen molar-refractivity contribution >= 4 is 29.7 Å². The first-order valence-electron chi connectivity index (χ1n) is 38.6. The molecular weight excluding hydrogens is 1710 g/mol. The second-order valence-electron chi connectivity index (χ2n) is 31.0. The van der Waals surface area contributed by atoms with Crippen molar-refractivity contribution in [3.63, 3.8) is 0 Å². The van der Waals surface area contributed by atoms with Crippen molar-refractivity contribution in [2.75, 3.05) is 59.5 Å². The average Bonchev–Trinajstić information content (AvgIpc) is 0.744. The Morgan fingerprint density at radius 1 is 0.339 bits per heavy atom. The largest absolute Gasteiger partial charge is 0.477 e. The Balaban J connectivity index is 1.16. The summed E-state index contributed by atoms with van der Waals surface area (Å²) < 4.78 is 100. The number of aliphatic carboxylic acids is 3. The van der Waals surface area contributed by atoms with E-state index >= 15 is 0 Å². The van der Waals surface area contributed by atoms with Gasteiger partial charge in [0.25, 0.3) is 17.4 Å². The van der Waals surface area contributed by atoms with Crippen molar-refractivity contribution in [2.45, 2.75) is 326 Å². The van der Waals surface area contributed by atoms with Crippen LogP contribution in [0.4, 0.5) is 0 Å². The maximum Gasteiger partial charge on any atom is 0.364 e. The van der Waals surface area contributed by atoms with Crippen molar-refractivity contribution in [1.29, 1.82) is 0 Å². The van der Waals surface area contributed by atoms with Crippen LogP contribution >= 0.6 is 0 Å². The van der Waals surface area contributed by atoms with E-state index in [0.29, 0.717) is 0 Å². The van der Waals surface area contributed by atoms with Gasteiger partial charge in [0.1, 0.15) is 214 Å². The van der Waals surface area contributed by atoms with Crippen molar-refractivity contribution in [3.05, 3.63) is 0 Å². The Bertz CT molecular complexity index is 3430. The van der Waals surface area contributed by atoms with Gasteiger partial charge in [-0.15, -0.1) is 0 Å². The standard InChI is InChI=1S/C67H110N2O55/c1-15(79)68-29-17(81)3-67(64(105)106,123-51(29)32(89)19(83)6-70)124-54-43(100)59(111-28(14-78)49(54)114-56-30(69-16(2)80)50(35(92)27(13-77)108-56)116-57-38(95)36(93)33(90)25(11-75)109-57)117-52-40(97)44(20(84)7-71)112-60(41(52)98)118-53-42(99)61(113-46(22(86)9-73)55(53)119-58-39(96)37(94)34(91)26(12-76)110-58)115-48-24(5-65(107,62(101)102)121-47(48)23(87)10-74)120-66(63(103)104)4-18(82)31(88)45(122-66)21(85)8-72/h17-61,70-78,81-100,107H,3-14H2,1-2H3,(H,68,79)(H,69,80)(H,101,102)(H,103,104)(H,105,106)/t17-,18+,19+,20?,21+,22-,23+,24+,25+,26+,27+,28+,29+,30+,31+,32+,33-,34+,35-,36-,37-,38+,39+,40+,41-,42-,43+,44+,45+,46+,47+,48+,49-,50+,51+,52-,53+,54+,55+,56-,57-,58-,59-,60+,61+,65+,66+,67-/m0/s1. The highest BCUT2D eigenvalue weighted by molar-refractivity contribution is 5.78. The summed E-state index contributed by atoms with van der Waals surface area (Å²) in [5.74, 6) is -20.1. The van der Waals surface area contributed by atoms with E-state index in [2.05, 4.69) is 10.6 Å². The number of hydrogen-bond donors (Lipinski definition) is 35. The first-order chi connectivity index (χ1) is 58.3. The lowest BCUT2D eigenvalue weighted by Crippen LogP contribution is -2.72. The molecule has 0 bridgehead atoms. The van der Waals surface area contributed by atoms with Crippen LogP contribution in [-0.2, 0) is 104 Å². The summed E-state index contributed by atoms with van der Waals surface area (Å²) in [6, 6.07) is -4.11. The molecule has 9 rings (SSSR count). The van der Waals surface area contributed by atoms with Crippen LogP contribution < -0.4 is 10.6 Å². The topological polar surface area (TPSA) is 934 Å². The number of ether oxygens (including phenoxy) is 17. The molecule has 9 aliphatic heterocycles. The number of carboxylic acids is 3. The van der Waals surface area contributed by atoms with Gasteiger partial charge in [-0.05, 0) is 0 Å². The molecule has 0 saturated carbocycles. The van der Waals surface area contributed by atoms with Crippen molar-refractivity contribution < 1.29 is 273 Å². The Kier molecular flexibility index (Phi) is 36.0. The lowest BCUT2D eigenvalue weighted by atomic mass is 9.88. The molecule has 0 aliphatic carbocycles. The highest BCUT2D eigenvalue weighted by Gasteiger charge is 2.67. The van der Waals surface area contributed by atoms with Crippen LogP contribution in [0.15, 0.2) is 0 Å². The zero-order valence-corrected chi connectivity index (χ0v) is 65.2. The predicted molar refractivity (Wildman–Crippen MR) is 372 cm³/mol. The van der Waals surface area contributed by atoms with Gasteiger partial charge in [-0.1, -0.05) is 0 Å². The second-order valence-corrected chi connectivity index (χ2v) is 31.0. The number of aliphatic hydroxyl groups is 30. The van der Waals surface area contributed by atoms with Gasteiger partial charge < -0.3 is 260 Å². The molecule has 9 heterocycles. The van der Waals surface area contributed by atoms with Gasteiger partial charge in [0.05, 0.1) is 83.8 Å². The molecule has 0 aromatic heterocycles. The molecule has 1 unspecified atom stereocenters. The minimum absolute atomic E-state index is 0.835. The molecule has 718 valence electrons. The minimum atomic E-state index is -3.72. The Morgan fingerprint density at radius 3 is 1.24 bits per heavy atom. The van der Waals surface area contributed by atoms with Crippen molar-refractivity contribution in [2.24, 2.45) is 0 Å². The first-order valence-corrected chi connectivity index (χ1v) is 38.6. The summed E-state index contributed by atoms with van der Waals surface area (Å²) in [7, 11) is 0. The highest BCUT2D eigenvalue weighted by Crippen LogP contribution is 2.46. The van der Waals surface area contributed by atoms with E-state index in [4.69, 9.17) is 80.5 Å². The van der Waals surface area contributed by atoms with E-state index in [1.807, 2.05) is 0 Å². The number of carboxylic acid groups (broad SMARTS) is 3. The molecule has 0 spiro atoms. The molecule has 35 N–H and O–H groups in total. The smallest absolute Gasteiger partial charge is 0.364 e. The molecule has 9 saturated heterocycles. The highest BCUT2D eigenvalue weighted by atomic mass is 16.8. The Morgan fingerprint density at radius 2 is 0.734 bits per heavy atom. The Labute approximate surface area is 697 Å². The molecule has 2 amide bonds. The van der Waals surface area contributed by atoms with Gasteiger partial charge in [0.15, 0.2) is 37.7 Å². The number of aliphatic hydroxyl groups excluding tert-OH is 29. The third-order valence-corrected chi connectivity index (χ3v) is 22.4. The molecule has 9 aliphatic rings. The maximum absolute atomic E-state index is 14.1. The van der Waals surface area contributed by atoms with E-state index in [-0.39, 0.29) is 0 Å². The molecule has 124 heavy (non-hydrogen) atoms. The molecule has 48 atom stereocenters. The monoisotopic (exact) mass is 1820 g/mol. The summed E-state index contributed by atoms with van der Waals surface area (Å²) in [6.45, 7) is -10.7. The van der Waals surface area contributed by atoms with Gasteiger partial charge in [-0.2, -0.15) is 0 Å². The maximum atomic E-state index is 14.1. The van der Waals surface area contributed by atoms with Gasteiger partial charge >= 0.3 is 17.9 Å². The molecule has 57 heteroatoms. The number of hydrogen-bond acceptors (Lipinski definition) is 52. The summed E-state index contributed by atoms with van der Waals surface area (Å²) in [6.07, 6.45) is -112. The third-order valence-electron chi connectivity index (χ3n) is 22.4. The fourth-order valence-corrected chi connectivity index (χ4v) is 15.8. The SMILES string of the molecule is CC(=O)N[C@H]1[C@H](O[C@@H]2[C@H](O[C@]3(C(=O)O)C[C@H](O)[C@@H](NC(C)=O)[C@H]([C@H](O)[C@H](O)CO)O3)[C@@H](O)[C@H](O[C@@H]3[C@H](O)[C@@H](O[C@@H]4[C@H](O)[C@@H](O[C@H]5[C@@H]([C@H](O)CO)O[C@@](O)(C(=O)O)C[C@H]5O[C@]5(C(=O)O)C[C@@H](O)[C@@H](O)[C@@H]([C@H](O)CO)O5)O[C@H]([C@@H](O)CO)[C@H]4O[C@@H]4O[C@H](CO)[C@@H](O)[C@H](O)[C@H]4O)O[C@H](C(O)CO)[C@H]3O)O[C@@H]2CO)O[C@H](CO)[C@H](O)[C@@H]1O[C@@H]1O[C@H](CO)[C@H](O)[C@H](O)[C@H]1O. The lowest BCUT2D eigenvalue weighted by molar-refractivity contribution is -0.419. The molecule has 9 fully saturated rings. The van der Waals surface area contributed by atoms with Gasteiger partial charge in [-0.25, -0.2) is 14.4 Å². The van der Waals surface area contributed by atoms with Crippen LogP contribution in [0.3, 0.4) is 0 Å². The van der Waals surface area contributed by atoms with E-state index in [9.17, 15) is 192 Å². The van der Waals surface area contributed by atoms with Crippen molar-refractivity contribution in [1.82, 2.24) is 10.6 Å². The quantitative estimate of drug-likeness (QED) is 0.0277. The van der Waals surface area contributed by atoms with Gasteiger partial charge in [0.2, 0.25) is 11.8 Å². The van der Waals surface area contributed by atoms with Gasteiger partial charge in [-0.3, -0.25) is 9.59 Å². The summed E-state index contributed by atoms with van der Waals surface area (Å²) in [4.78, 5) is 66.3.